The van der Waals surface area contributed by atoms with Crippen LogP contribution in [0, 0.1) is 5.92 Å². The third kappa shape index (κ3) is 3.77. The number of hydrogen-bond acceptors (Lipinski definition) is 4. The smallest absolute Gasteiger partial charge is 0.242 e. The zero-order valence-corrected chi connectivity index (χ0v) is 13.1. The van der Waals surface area contributed by atoms with Crippen LogP contribution in [0.25, 0.3) is 0 Å². The highest BCUT2D eigenvalue weighted by molar-refractivity contribution is 5.83. The first-order chi connectivity index (χ1) is 11.1. The fourth-order valence-corrected chi connectivity index (χ4v) is 2.83. The Bertz CT molecular complexity index is 678. The van der Waals surface area contributed by atoms with Crippen LogP contribution in [0.5, 0.6) is 0 Å². The van der Waals surface area contributed by atoms with Gasteiger partial charge in [0, 0.05) is 57.3 Å². The molecule has 0 aromatic carbocycles. The van der Waals surface area contributed by atoms with Crippen molar-refractivity contribution in [2.75, 3.05) is 13.1 Å². The molecule has 23 heavy (non-hydrogen) atoms. The molecule has 0 bridgehead atoms. The van der Waals surface area contributed by atoms with Crippen LogP contribution in [0.2, 0.25) is 0 Å². The van der Waals surface area contributed by atoms with E-state index in [9.17, 15) is 9.59 Å². The first-order valence-corrected chi connectivity index (χ1v) is 7.61. The van der Waals surface area contributed by atoms with E-state index in [1.165, 1.54) is 6.92 Å². The van der Waals surface area contributed by atoms with Gasteiger partial charge in [-0.1, -0.05) is 0 Å². The molecule has 1 unspecified atom stereocenters. The van der Waals surface area contributed by atoms with Crippen LogP contribution in [-0.2, 0) is 29.2 Å². The van der Waals surface area contributed by atoms with Crippen LogP contribution < -0.4 is 5.32 Å². The summed E-state index contributed by atoms with van der Waals surface area (Å²) in [5.41, 5.74) is 0. The van der Waals surface area contributed by atoms with Gasteiger partial charge in [0.15, 0.2) is 0 Å². The molecule has 0 saturated carbocycles. The van der Waals surface area contributed by atoms with Gasteiger partial charge in [-0.05, 0) is 6.07 Å². The van der Waals surface area contributed by atoms with E-state index in [1.54, 1.807) is 17.3 Å². The number of carbonyl (C=O) groups is 2. The predicted octanol–water partition coefficient (Wildman–Crippen LogP) is -0.126. The van der Waals surface area contributed by atoms with Crippen molar-refractivity contribution in [2.24, 2.45) is 5.92 Å². The quantitative estimate of drug-likeness (QED) is 0.852. The van der Waals surface area contributed by atoms with Gasteiger partial charge >= 0.3 is 0 Å². The third-order valence-electron chi connectivity index (χ3n) is 3.91. The number of hydrogen-bond donors (Lipinski definition) is 1. The maximum atomic E-state index is 12.4. The Morgan fingerprint density at radius 2 is 2.17 bits per heavy atom. The summed E-state index contributed by atoms with van der Waals surface area (Å²) in [6, 6.07) is 1.89. The SMILES string of the molecule is CC(=O)NCC(=O)N1Cc2nccn2CC(Cn2cccn2)C1. The van der Waals surface area contributed by atoms with E-state index in [2.05, 4.69) is 20.0 Å². The lowest BCUT2D eigenvalue weighted by Crippen LogP contribution is -2.41. The van der Waals surface area contributed by atoms with E-state index in [0.717, 1.165) is 18.9 Å². The molecular formula is C15H20N6O2. The molecule has 122 valence electrons. The van der Waals surface area contributed by atoms with Crippen LogP contribution in [0.3, 0.4) is 0 Å². The fourth-order valence-electron chi connectivity index (χ4n) is 2.83. The molecule has 3 rings (SSSR count). The summed E-state index contributed by atoms with van der Waals surface area (Å²) in [4.78, 5) is 29.5. The fraction of sp³-hybridized carbons (Fsp3) is 0.467. The predicted molar refractivity (Wildman–Crippen MR) is 82.0 cm³/mol. The highest BCUT2D eigenvalue weighted by atomic mass is 16.2. The molecule has 3 heterocycles. The average molecular weight is 316 g/mol. The van der Waals surface area contributed by atoms with Crippen LogP contribution >= 0.6 is 0 Å². The van der Waals surface area contributed by atoms with Gasteiger partial charge in [-0.3, -0.25) is 14.3 Å². The summed E-state index contributed by atoms with van der Waals surface area (Å²) in [5, 5.41) is 6.81. The molecule has 1 N–H and O–H groups in total. The van der Waals surface area contributed by atoms with Gasteiger partial charge in [-0.2, -0.15) is 5.10 Å². The molecule has 1 aliphatic rings. The number of fused-ring (bicyclic) bond motifs is 1. The van der Waals surface area contributed by atoms with Gasteiger partial charge in [0.1, 0.15) is 5.82 Å². The van der Waals surface area contributed by atoms with Gasteiger partial charge in [-0.15, -0.1) is 0 Å². The van der Waals surface area contributed by atoms with Crippen molar-refractivity contribution >= 4 is 11.8 Å². The summed E-state index contributed by atoms with van der Waals surface area (Å²) in [6.07, 6.45) is 7.36. The first kappa shape index (κ1) is 15.3. The molecule has 1 aliphatic heterocycles. The van der Waals surface area contributed by atoms with Crippen LogP contribution in [0.1, 0.15) is 12.7 Å². The first-order valence-electron chi connectivity index (χ1n) is 7.61. The monoisotopic (exact) mass is 316 g/mol. The molecule has 1 atom stereocenters. The van der Waals surface area contributed by atoms with Gasteiger partial charge in [0.05, 0.1) is 13.1 Å². The number of nitrogens with zero attached hydrogens (tertiary/aromatic N) is 5. The standard InChI is InChI=1S/C15H20N6O2/c1-12(22)17-7-15(23)20-9-13(10-21-5-2-3-18-21)8-19-6-4-16-14(19)11-20/h2-6,13H,7-11H2,1H3,(H,17,22). The summed E-state index contributed by atoms with van der Waals surface area (Å²) in [5.74, 6) is 0.792. The lowest BCUT2D eigenvalue weighted by molar-refractivity contribution is -0.133. The zero-order chi connectivity index (χ0) is 16.2. The second kappa shape index (κ2) is 6.64. The van der Waals surface area contributed by atoms with E-state index in [0.29, 0.717) is 13.1 Å². The second-order valence-corrected chi connectivity index (χ2v) is 5.77. The van der Waals surface area contributed by atoms with E-state index in [4.69, 9.17) is 0 Å². The summed E-state index contributed by atoms with van der Waals surface area (Å²) < 4.78 is 3.96. The molecule has 0 fully saturated rings. The number of rotatable bonds is 4. The Balaban J connectivity index is 1.74. The van der Waals surface area contributed by atoms with Crippen molar-refractivity contribution in [3.8, 4) is 0 Å². The van der Waals surface area contributed by atoms with Crippen LogP contribution in [0.15, 0.2) is 30.9 Å². The number of imidazole rings is 1. The van der Waals surface area contributed by atoms with Crippen molar-refractivity contribution in [1.29, 1.82) is 0 Å². The number of carbonyl (C=O) groups excluding carboxylic acids is 2. The third-order valence-corrected chi connectivity index (χ3v) is 3.91. The number of aromatic nitrogens is 4. The van der Waals surface area contributed by atoms with Crippen molar-refractivity contribution in [3.63, 3.8) is 0 Å². The summed E-state index contributed by atoms with van der Waals surface area (Å²) in [6.45, 7) is 4.02. The molecule has 2 aromatic rings. The minimum absolute atomic E-state index is 0.0184. The molecule has 8 heteroatoms. The van der Waals surface area contributed by atoms with Gasteiger partial charge < -0.3 is 14.8 Å². The summed E-state index contributed by atoms with van der Waals surface area (Å²) in [7, 11) is 0. The Morgan fingerprint density at radius 1 is 1.30 bits per heavy atom. The molecule has 8 nitrogen and oxygen atoms in total. The highest BCUT2D eigenvalue weighted by Crippen LogP contribution is 2.17. The summed E-state index contributed by atoms with van der Waals surface area (Å²) >= 11 is 0. The number of nitrogens with one attached hydrogen (secondary N) is 1. The van der Waals surface area contributed by atoms with Gasteiger partial charge in [-0.25, -0.2) is 4.98 Å². The second-order valence-electron chi connectivity index (χ2n) is 5.77. The normalized spacial score (nSPS) is 17.4. The van der Waals surface area contributed by atoms with Crippen LogP contribution in [-0.4, -0.2) is 49.1 Å². The molecule has 0 saturated heterocycles. The minimum Gasteiger partial charge on any atom is -0.347 e. The van der Waals surface area contributed by atoms with E-state index >= 15 is 0 Å². The molecule has 0 aliphatic carbocycles. The lowest BCUT2D eigenvalue weighted by Gasteiger charge is -2.24. The Labute approximate surface area is 134 Å². The van der Waals surface area contributed by atoms with Crippen LogP contribution in [0.4, 0.5) is 0 Å². The largest absolute Gasteiger partial charge is 0.347 e. The molecule has 0 spiro atoms. The maximum absolute atomic E-state index is 12.4. The molecule has 2 aromatic heterocycles. The zero-order valence-electron chi connectivity index (χ0n) is 13.1. The van der Waals surface area contributed by atoms with Crippen molar-refractivity contribution in [3.05, 3.63) is 36.7 Å². The Kier molecular flexibility index (Phi) is 4.40. The van der Waals surface area contributed by atoms with Gasteiger partial charge in [0.25, 0.3) is 0 Å². The average Bonchev–Trinajstić information content (AvgIpc) is 3.13. The molecule has 0 radical (unpaired) electrons. The van der Waals surface area contributed by atoms with E-state index < -0.39 is 0 Å². The maximum Gasteiger partial charge on any atom is 0.242 e. The van der Waals surface area contributed by atoms with Crippen molar-refractivity contribution < 1.29 is 9.59 Å². The molecular weight excluding hydrogens is 296 g/mol. The van der Waals surface area contributed by atoms with E-state index in [1.807, 2.05) is 23.1 Å². The Hall–Kier alpha value is -2.64. The van der Waals surface area contributed by atoms with Crippen molar-refractivity contribution in [1.82, 2.24) is 29.5 Å². The van der Waals surface area contributed by atoms with E-state index in [-0.39, 0.29) is 24.3 Å². The minimum atomic E-state index is -0.206. The molecule has 2 amide bonds. The Morgan fingerprint density at radius 3 is 2.91 bits per heavy atom. The highest BCUT2D eigenvalue weighted by Gasteiger charge is 2.25. The lowest BCUT2D eigenvalue weighted by atomic mass is 10.1. The van der Waals surface area contributed by atoms with Crippen molar-refractivity contribution in [2.45, 2.75) is 26.6 Å². The van der Waals surface area contributed by atoms with Gasteiger partial charge in [0.2, 0.25) is 11.8 Å². The number of amides is 2. The topological polar surface area (TPSA) is 85.0 Å².